The van der Waals surface area contributed by atoms with Crippen molar-refractivity contribution < 1.29 is 19.4 Å². The summed E-state index contributed by atoms with van der Waals surface area (Å²) in [6.07, 6.45) is 0.324. The summed E-state index contributed by atoms with van der Waals surface area (Å²) >= 11 is 0. The van der Waals surface area contributed by atoms with Crippen LogP contribution in [0.1, 0.15) is 23.8 Å². The van der Waals surface area contributed by atoms with Gasteiger partial charge in [-0.25, -0.2) is 4.68 Å². The highest BCUT2D eigenvalue weighted by atomic mass is 16.5. The van der Waals surface area contributed by atoms with E-state index >= 15 is 0 Å². The summed E-state index contributed by atoms with van der Waals surface area (Å²) < 4.78 is 6.01. The molecule has 0 spiro atoms. The number of aliphatic carboxylic acids is 1. The summed E-state index contributed by atoms with van der Waals surface area (Å²) in [5.74, 6) is -1.89. The molecule has 0 aromatic carbocycles. The zero-order valence-corrected chi connectivity index (χ0v) is 12.0. The average molecular weight is 297 g/mol. The highest BCUT2D eigenvalue weighted by Crippen LogP contribution is 2.00. The maximum absolute atomic E-state index is 11.9. The minimum atomic E-state index is -0.907. The number of nitrogens with one attached hydrogen (secondary N) is 1. The molecule has 0 fully saturated rings. The molecule has 0 aliphatic rings. The van der Waals surface area contributed by atoms with Gasteiger partial charge >= 0.3 is 5.97 Å². The van der Waals surface area contributed by atoms with Crippen molar-refractivity contribution in [3.05, 3.63) is 28.2 Å². The number of hydrogen-bond acceptors (Lipinski definition) is 5. The third kappa shape index (κ3) is 5.35. The highest BCUT2D eigenvalue weighted by Gasteiger charge is 2.13. The quantitative estimate of drug-likeness (QED) is 0.683. The van der Waals surface area contributed by atoms with Gasteiger partial charge in [-0.15, -0.1) is 0 Å². The second-order valence-corrected chi connectivity index (χ2v) is 4.56. The second-order valence-electron chi connectivity index (χ2n) is 4.56. The van der Waals surface area contributed by atoms with Gasteiger partial charge in [0.25, 0.3) is 11.5 Å². The zero-order valence-electron chi connectivity index (χ0n) is 12.0. The van der Waals surface area contributed by atoms with Gasteiger partial charge in [-0.05, 0) is 12.5 Å². The van der Waals surface area contributed by atoms with Crippen molar-refractivity contribution in [1.82, 2.24) is 15.1 Å². The Balaban J connectivity index is 2.61. The summed E-state index contributed by atoms with van der Waals surface area (Å²) in [4.78, 5) is 34.0. The van der Waals surface area contributed by atoms with Crippen LogP contribution in [0.2, 0.25) is 0 Å². The largest absolute Gasteiger partial charge is 0.481 e. The van der Waals surface area contributed by atoms with E-state index in [0.29, 0.717) is 13.0 Å². The lowest BCUT2D eigenvalue weighted by Crippen LogP contribution is -2.31. The minimum absolute atomic E-state index is 0.105. The number of ether oxygens (including phenoxy) is 1. The van der Waals surface area contributed by atoms with Crippen LogP contribution in [0.3, 0.4) is 0 Å². The van der Waals surface area contributed by atoms with Crippen LogP contribution in [0, 0.1) is 5.92 Å². The van der Waals surface area contributed by atoms with Crippen molar-refractivity contribution in [1.29, 1.82) is 0 Å². The number of carboxylic acids is 1. The van der Waals surface area contributed by atoms with Crippen LogP contribution < -0.4 is 10.9 Å². The van der Waals surface area contributed by atoms with Crippen molar-refractivity contribution >= 4 is 11.9 Å². The fourth-order valence-corrected chi connectivity index (χ4v) is 1.52. The van der Waals surface area contributed by atoms with Gasteiger partial charge in [0.2, 0.25) is 0 Å². The molecule has 1 atom stereocenters. The molecule has 0 radical (unpaired) electrons. The molecule has 1 amide bonds. The van der Waals surface area contributed by atoms with E-state index < -0.39 is 17.8 Å². The van der Waals surface area contributed by atoms with E-state index in [2.05, 4.69) is 10.4 Å². The van der Waals surface area contributed by atoms with E-state index in [9.17, 15) is 14.4 Å². The molecule has 0 saturated heterocycles. The predicted octanol–water partition coefficient (Wildman–Crippen LogP) is -0.270. The van der Waals surface area contributed by atoms with Crippen LogP contribution in [0.25, 0.3) is 0 Å². The first kappa shape index (κ1) is 16.8. The third-order valence-corrected chi connectivity index (χ3v) is 2.89. The first-order valence-electron chi connectivity index (χ1n) is 6.53. The Morgan fingerprint density at radius 3 is 2.81 bits per heavy atom. The van der Waals surface area contributed by atoms with Crippen LogP contribution in [-0.4, -0.2) is 47.0 Å². The predicted molar refractivity (Wildman–Crippen MR) is 74.1 cm³/mol. The Kier molecular flexibility index (Phi) is 6.54. The Bertz CT molecular complexity index is 555. The van der Waals surface area contributed by atoms with Gasteiger partial charge in [0.1, 0.15) is 5.69 Å². The Labute approximate surface area is 121 Å². The molecule has 116 valence electrons. The molecule has 8 heteroatoms. The van der Waals surface area contributed by atoms with Gasteiger partial charge in [0, 0.05) is 19.7 Å². The monoisotopic (exact) mass is 297 g/mol. The molecule has 8 nitrogen and oxygen atoms in total. The summed E-state index contributed by atoms with van der Waals surface area (Å²) in [6, 6.07) is 2.60. The Hall–Kier alpha value is -2.22. The number of hydrogen-bond donors (Lipinski definition) is 2. The second kappa shape index (κ2) is 8.15. The van der Waals surface area contributed by atoms with E-state index in [1.807, 2.05) is 0 Å². The smallest absolute Gasteiger partial charge is 0.306 e. The van der Waals surface area contributed by atoms with Crippen LogP contribution in [0.4, 0.5) is 0 Å². The maximum Gasteiger partial charge on any atom is 0.306 e. The molecular formula is C13H19N3O5. The molecule has 0 saturated carbocycles. The number of methoxy groups -OCH3 is 1. The van der Waals surface area contributed by atoms with Gasteiger partial charge in [0.15, 0.2) is 0 Å². The van der Waals surface area contributed by atoms with Crippen LogP contribution in [0.15, 0.2) is 16.9 Å². The molecular weight excluding hydrogens is 278 g/mol. The lowest BCUT2D eigenvalue weighted by atomic mass is 10.1. The van der Waals surface area contributed by atoms with Gasteiger partial charge in [-0.3, -0.25) is 14.4 Å². The highest BCUT2D eigenvalue weighted by molar-refractivity contribution is 5.91. The summed E-state index contributed by atoms with van der Waals surface area (Å²) in [6.45, 7) is 2.36. The van der Waals surface area contributed by atoms with Crippen molar-refractivity contribution in [2.45, 2.75) is 19.9 Å². The topological polar surface area (TPSA) is 111 Å². The fraction of sp³-hybridized carbons (Fsp3) is 0.538. The van der Waals surface area contributed by atoms with Gasteiger partial charge < -0.3 is 15.2 Å². The van der Waals surface area contributed by atoms with Gasteiger partial charge in [-0.2, -0.15) is 5.10 Å². The first-order valence-corrected chi connectivity index (χ1v) is 6.53. The first-order chi connectivity index (χ1) is 9.95. The molecule has 1 aromatic heterocycles. The Morgan fingerprint density at radius 1 is 1.48 bits per heavy atom. The minimum Gasteiger partial charge on any atom is -0.481 e. The normalized spacial score (nSPS) is 11.9. The fourth-order valence-electron chi connectivity index (χ4n) is 1.52. The van der Waals surface area contributed by atoms with Crippen molar-refractivity contribution in [3.8, 4) is 0 Å². The zero-order chi connectivity index (χ0) is 15.8. The van der Waals surface area contributed by atoms with E-state index in [-0.39, 0.29) is 24.3 Å². The number of carboxylic acid groups (broad SMARTS) is 1. The van der Waals surface area contributed by atoms with Crippen LogP contribution >= 0.6 is 0 Å². The molecule has 0 bridgehead atoms. The molecule has 1 heterocycles. The number of carbonyl (C=O) groups excluding carboxylic acids is 1. The molecule has 1 aromatic rings. The Morgan fingerprint density at radius 2 is 2.19 bits per heavy atom. The van der Waals surface area contributed by atoms with E-state index in [0.717, 1.165) is 4.68 Å². The standard InChI is InChI=1S/C13H19N3O5/c1-9(13(19)20)5-6-14-12(18)10-3-4-11(17)16(15-10)7-8-21-2/h3-4,9H,5-8H2,1-2H3,(H,14,18)(H,19,20). The average Bonchev–Trinajstić information content (AvgIpc) is 2.45. The molecule has 2 N–H and O–H groups in total. The van der Waals surface area contributed by atoms with Gasteiger partial charge in [0.05, 0.1) is 19.1 Å². The lowest BCUT2D eigenvalue weighted by Gasteiger charge is -2.09. The van der Waals surface area contributed by atoms with Crippen molar-refractivity contribution in [3.63, 3.8) is 0 Å². The number of carbonyl (C=O) groups is 2. The van der Waals surface area contributed by atoms with Crippen LogP contribution in [0.5, 0.6) is 0 Å². The van der Waals surface area contributed by atoms with E-state index in [1.54, 1.807) is 6.92 Å². The number of amides is 1. The van der Waals surface area contributed by atoms with Gasteiger partial charge in [-0.1, -0.05) is 6.92 Å². The number of aromatic nitrogens is 2. The molecule has 0 aliphatic heterocycles. The van der Waals surface area contributed by atoms with E-state index in [1.165, 1.54) is 19.2 Å². The number of rotatable bonds is 8. The summed E-state index contributed by atoms with van der Waals surface area (Å²) in [7, 11) is 1.51. The number of nitrogens with zero attached hydrogens (tertiary/aromatic N) is 2. The molecule has 1 unspecified atom stereocenters. The lowest BCUT2D eigenvalue weighted by molar-refractivity contribution is -0.141. The maximum atomic E-state index is 11.9. The van der Waals surface area contributed by atoms with Crippen molar-refractivity contribution in [2.75, 3.05) is 20.3 Å². The molecule has 0 aliphatic carbocycles. The van der Waals surface area contributed by atoms with Crippen molar-refractivity contribution in [2.24, 2.45) is 5.92 Å². The summed E-state index contributed by atoms with van der Waals surface area (Å²) in [5.41, 5.74) is -0.211. The molecule has 21 heavy (non-hydrogen) atoms. The SMILES string of the molecule is COCCn1nc(C(=O)NCCC(C)C(=O)O)ccc1=O. The van der Waals surface area contributed by atoms with Crippen LogP contribution in [-0.2, 0) is 16.1 Å². The molecule has 1 rings (SSSR count). The summed E-state index contributed by atoms with van der Waals surface area (Å²) in [5, 5.41) is 15.3. The van der Waals surface area contributed by atoms with E-state index in [4.69, 9.17) is 9.84 Å². The third-order valence-electron chi connectivity index (χ3n) is 2.89.